The molecule has 6 heterocycles. The van der Waals surface area contributed by atoms with E-state index >= 15 is 0 Å². The number of amides is 2. The van der Waals surface area contributed by atoms with Crippen LogP contribution in [0.3, 0.4) is 0 Å². The molecule has 5 aromatic rings. The molecule has 71 heavy (non-hydrogen) atoms. The van der Waals surface area contributed by atoms with Gasteiger partial charge in [-0.25, -0.2) is 18.4 Å². The summed E-state index contributed by atoms with van der Waals surface area (Å²) in [4.78, 5) is 57.3. The number of pyridine rings is 1. The Kier molecular flexibility index (Phi) is 13.0. The number of fused-ring (bicyclic) bond motifs is 3. The molecule has 3 aromatic heterocycles. The zero-order valence-corrected chi connectivity index (χ0v) is 41.5. The first kappa shape index (κ1) is 49.5. The molecule has 2 aromatic carbocycles. The van der Waals surface area contributed by atoms with Crippen LogP contribution in [0.5, 0.6) is 0 Å². The number of aryl methyl sites for hydroxylation is 1. The number of carbonyl (C=O) groups is 2. The van der Waals surface area contributed by atoms with Gasteiger partial charge in [0.15, 0.2) is 15.7 Å². The van der Waals surface area contributed by atoms with Gasteiger partial charge in [-0.2, -0.15) is 13.2 Å². The van der Waals surface area contributed by atoms with Gasteiger partial charge in [0.05, 0.1) is 34.1 Å². The molecule has 0 spiro atoms. The Morgan fingerprint density at radius 2 is 1.76 bits per heavy atom. The molecule has 0 bridgehead atoms. The maximum atomic E-state index is 14.0. The molecule has 1 aliphatic carbocycles. The fraction of sp³-hybridized carbons (Fsp3) is 0.431. The van der Waals surface area contributed by atoms with E-state index in [1.165, 1.54) is 28.0 Å². The van der Waals surface area contributed by atoms with Crippen molar-refractivity contribution < 1.29 is 36.3 Å². The van der Waals surface area contributed by atoms with E-state index in [9.17, 15) is 41.1 Å². The molecule has 3 atom stereocenters. The van der Waals surface area contributed by atoms with Crippen LogP contribution in [0.4, 0.5) is 47.6 Å². The lowest BCUT2D eigenvalue weighted by Crippen LogP contribution is -2.58. The quantitative estimate of drug-likeness (QED) is 0.118. The van der Waals surface area contributed by atoms with Gasteiger partial charge in [-0.15, -0.1) is 0 Å². The summed E-state index contributed by atoms with van der Waals surface area (Å²) >= 11 is 0. The molecule has 376 valence electrons. The summed E-state index contributed by atoms with van der Waals surface area (Å²) in [5.41, 5.74) is 4.81. The van der Waals surface area contributed by atoms with Gasteiger partial charge < -0.3 is 34.7 Å². The minimum Gasteiger partial charge on any atom is -0.392 e. The molecule has 2 fully saturated rings. The van der Waals surface area contributed by atoms with Gasteiger partial charge in [-0.05, 0) is 105 Å². The number of alkyl halides is 3. The van der Waals surface area contributed by atoms with E-state index in [1.54, 1.807) is 42.5 Å². The van der Waals surface area contributed by atoms with Gasteiger partial charge in [-0.3, -0.25) is 24.2 Å². The number of halogens is 3. The monoisotopic (exact) mass is 996 g/mol. The van der Waals surface area contributed by atoms with E-state index in [2.05, 4.69) is 57.3 Å². The van der Waals surface area contributed by atoms with Gasteiger partial charge in [0.2, 0.25) is 5.91 Å². The molecule has 3 aliphatic heterocycles. The number of piperazine rings is 1. The normalized spacial score (nSPS) is 20.5. The highest BCUT2D eigenvalue weighted by Gasteiger charge is 2.40. The van der Waals surface area contributed by atoms with Crippen molar-refractivity contribution in [1.29, 1.82) is 0 Å². The van der Waals surface area contributed by atoms with Gasteiger partial charge in [0, 0.05) is 111 Å². The molecule has 16 nitrogen and oxygen atoms in total. The summed E-state index contributed by atoms with van der Waals surface area (Å²) in [5.74, 6) is -0.320. The third-order valence-electron chi connectivity index (χ3n) is 14.5. The van der Waals surface area contributed by atoms with Crippen LogP contribution in [0.1, 0.15) is 73.4 Å². The standard InChI is InChI=1S/C51H59F3N10O6S/c1-8-45(66)57-39-23-33(9-11-41(39)62-18-17-60(27-31(62)3)34-14-16-61(30(2)21-34)35-10-12-44(71(7,69)70)38(24-35)51(52,53)54)56-46-49(68)59(6)28-40(58-46)36-13-15-55-47(37(36)29-65)64-20-19-63-42(48(64)67)22-32-25-50(4,5)26-43(32)63/h8-13,15,22-24,28,30-31,34,65H,1,14,16-21,25-27,29H2,2-7H3,(H,56,58)(H,57,66)/t30-,31+,34?/m1/s1. The largest absolute Gasteiger partial charge is 0.417 e. The van der Waals surface area contributed by atoms with E-state index in [1.807, 2.05) is 24.0 Å². The van der Waals surface area contributed by atoms with Crippen LogP contribution in [0.15, 0.2) is 83.3 Å². The summed E-state index contributed by atoms with van der Waals surface area (Å²) < 4.78 is 69.9. The molecule has 2 saturated heterocycles. The number of aromatic nitrogens is 4. The number of nitrogens with zero attached hydrogens (tertiary/aromatic N) is 8. The highest BCUT2D eigenvalue weighted by Crippen LogP contribution is 2.42. The molecule has 9 rings (SSSR count). The number of hydrogen-bond donors (Lipinski definition) is 3. The predicted molar refractivity (Wildman–Crippen MR) is 267 cm³/mol. The summed E-state index contributed by atoms with van der Waals surface area (Å²) in [7, 11) is -2.50. The fourth-order valence-corrected chi connectivity index (χ4v) is 12.0. The molecule has 4 aliphatic rings. The number of piperidine rings is 1. The lowest BCUT2D eigenvalue weighted by molar-refractivity contribution is -0.139. The molecular formula is C51H59F3N10O6S. The Hall–Kier alpha value is -6.51. The van der Waals surface area contributed by atoms with Crippen molar-refractivity contribution in [3.8, 4) is 11.3 Å². The lowest BCUT2D eigenvalue weighted by atomic mass is 9.90. The van der Waals surface area contributed by atoms with E-state index in [-0.39, 0.29) is 35.3 Å². The number of nitrogens with one attached hydrogen (secondary N) is 2. The average molecular weight is 997 g/mol. The molecule has 0 radical (unpaired) electrons. The molecule has 3 N–H and O–H groups in total. The van der Waals surface area contributed by atoms with Gasteiger partial charge >= 0.3 is 6.18 Å². The number of rotatable bonds is 11. The minimum atomic E-state index is -4.83. The van der Waals surface area contributed by atoms with Crippen molar-refractivity contribution >= 4 is 56.0 Å². The van der Waals surface area contributed by atoms with E-state index in [0.717, 1.165) is 36.9 Å². The number of aliphatic hydroxyl groups is 1. The second-order valence-electron chi connectivity index (χ2n) is 20.1. The Labute approximate surface area is 410 Å². The number of sulfone groups is 1. The summed E-state index contributed by atoms with van der Waals surface area (Å²) in [6.45, 7) is 15.1. The minimum absolute atomic E-state index is 0.0146. The summed E-state index contributed by atoms with van der Waals surface area (Å²) in [6, 6.07) is 12.5. The highest BCUT2D eigenvalue weighted by molar-refractivity contribution is 7.90. The molecule has 20 heteroatoms. The Bertz CT molecular complexity index is 3130. The molecular weight excluding hydrogens is 938 g/mol. The van der Waals surface area contributed by atoms with Crippen molar-refractivity contribution in [1.82, 2.24) is 24.0 Å². The van der Waals surface area contributed by atoms with E-state index in [4.69, 9.17) is 4.98 Å². The smallest absolute Gasteiger partial charge is 0.392 e. The number of benzene rings is 2. The Balaban J connectivity index is 0.917. The molecule has 2 amide bonds. The Morgan fingerprint density at radius 3 is 2.45 bits per heavy atom. The van der Waals surface area contributed by atoms with Crippen LogP contribution in [-0.4, -0.2) is 106 Å². The number of aliphatic hydroxyl groups excluding tert-OH is 1. The second kappa shape index (κ2) is 18.6. The topological polar surface area (TPSA) is 178 Å². The van der Waals surface area contributed by atoms with Crippen molar-refractivity contribution in [3.05, 3.63) is 112 Å². The van der Waals surface area contributed by atoms with Crippen molar-refractivity contribution in [3.63, 3.8) is 0 Å². The molecule has 1 unspecified atom stereocenters. The van der Waals surface area contributed by atoms with Crippen LogP contribution in [0.25, 0.3) is 11.3 Å². The zero-order chi connectivity index (χ0) is 50.9. The SMILES string of the molecule is C=CC(=O)Nc1cc(Nc2nc(-c3ccnc(N4CCn5c(cc6c5CC(C)(C)C6)C4=O)c3CO)cn(C)c2=O)ccc1N1CCN(C2CCN(c3ccc(S(C)(=O)=O)c(C(F)(F)F)c3)[C@H](C)C2)C[C@@H]1C. The third kappa shape index (κ3) is 9.56. The first-order valence-electron chi connectivity index (χ1n) is 23.8. The van der Waals surface area contributed by atoms with Crippen molar-refractivity contribution in [2.24, 2.45) is 12.5 Å². The van der Waals surface area contributed by atoms with Crippen molar-refractivity contribution in [2.45, 2.75) is 95.7 Å². The average Bonchev–Trinajstić information content (AvgIpc) is 3.81. The fourth-order valence-electron chi connectivity index (χ4n) is 11.1. The first-order chi connectivity index (χ1) is 33.5. The summed E-state index contributed by atoms with van der Waals surface area (Å²) in [5, 5.41) is 16.9. The lowest BCUT2D eigenvalue weighted by Gasteiger charge is -2.48. The van der Waals surface area contributed by atoms with Crippen LogP contribution in [0.2, 0.25) is 0 Å². The third-order valence-corrected chi connectivity index (χ3v) is 15.6. The molecule has 0 saturated carbocycles. The van der Waals surface area contributed by atoms with Crippen LogP contribution < -0.4 is 30.9 Å². The number of anilines is 6. The number of carbonyl (C=O) groups excluding carboxylic acids is 2. The zero-order valence-electron chi connectivity index (χ0n) is 40.7. The van der Waals surface area contributed by atoms with E-state index < -0.39 is 44.5 Å². The Morgan fingerprint density at radius 1 is 0.986 bits per heavy atom. The second-order valence-corrected chi connectivity index (χ2v) is 22.1. The first-order valence-corrected chi connectivity index (χ1v) is 25.7. The van der Waals surface area contributed by atoms with Gasteiger partial charge in [0.1, 0.15) is 11.5 Å². The maximum absolute atomic E-state index is 14.0. The maximum Gasteiger partial charge on any atom is 0.417 e. The van der Waals surface area contributed by atoms with Crippen LogP contribution in [0, 0.1) is 5.41 Å². The van der Waals surface area contributed by atoms with Crippen LogP contribution >= 0.6 is 0 Å². The number of hydrogen-bond acceptors (Lipinski definition) is 12. The van der Waals surface area contributed by atoms with E-state index in [0.29, 0.717) is 97.5 Å². The summed E-state index contributed by atoms with van der Waals surface area (Å²) in [6.07, 6.45) is 3.44. The van der Waals surface area contributed by atoms with Crippen molar-refractivity contribution in [2.75, 3.05) is 64.3 Å². The predicted octanol–water partition coefficient (Wildman–Crippen LogP) is 6.78. The van der Waals surface area contributed by atoms with Gasteiger partial charge in [-0.1, -0.05) is 20.4 Å². The van der Waals surface area contributed by atoms with Gasteiger partial charge in [0.25, 0.3) is 11.5 Å². The highest BCUT2D eigenvalue weighted by atomic mass is 32.2. The van der Waals surface area contributed by atoms with Crippen LogP contribution in [-0.2, 0) is 53.8 Å².